The molecule has 0 radical (unpaired) electrons. The summed E-state index contributed by atoms with van der Waals surface area (Å²) in [4.78, 5) is 0. The molecule has 1 aromatic rings. The first-order chi connectivity index (χ1) is 7.84. The van der Waals surface area contributed by atoms with Crippen molar-refractivity contribution in [2.75, 3.05) is 6.54 Å². The highest BCUT2D eigenvalue weighted by Crippen LogP contribution is 2.37. The minimum absolute atomic E-state index is 0.0583. The van der Waals surface area contributed by atoms with Gasteiger partial charge in [-0.25, -0.2) is 0 Å². The second-order valence-corrected chi connectivity index (χ2v) is 5.17. The van der Waals surface area contributed by atoms with Crippen LogP contribution < -0.4 is 5.73 Å². The Kier molecular flexibility index (Phi) is 2.94. The Morgan fingerprint density at radius 2 is 2.00 bits per heavy atom. The Morgan fingerprint density at radius 3 is 2.59 bits per heavy atom. The van der Waals surface area contributed by atoms with E-state index in [2.05, 4.69) is 0 Å². The van der Waals surface area contributed by atoms with Gasteiger partial charge in [0, 0.05) is 0 Å². The van der Waals surface area contributed by atoms with E-state index >= 15 is 0 Å². The molecule has 4 heteroatoms. The average Bonchev–Trinajstić information content (AvgIpc) is 2.27. The molecule has 17 heavy (non-hydrogen) atoms. The van der Waals surface area contributed by atoms with E-state index in [9.17, 15) is 13.2 Å². The van der Waals surface area contributed by atoms with Crippen LogP contribution in [-0.2, 0) is 19.0 Å². The molecule has 1 aliphatic rings. The molecule has 1 aliphatic carbocycles. The molecule has 0 aromatic heterocycles. The van der Waals surface area contributed by atoms with Crippen molar-refractivity contribution in [1.82, 2.24) is 0 Å². The molecule has 94 valence electrons. The number of nitrogens with two attached hydrogens (primary N) is 1. The number of fused-ring (bicyclic) bond motifs is 1. The Balaban J connectivity index is 2.36. The van der Waals surface area contributed by atoms with Gasteiger partial charge in [0.15, 0.2) is 0 Å². The molecule has 0 saturated carbocycles. The molecular formula is C13H16F3N. The van der Waals surface area contributed by atoms with Crippen molar-refractivity contribution in [3.8, 4) is 0 Å². The average molecular weight is 243 g/mol. The van der Waals surface area contributed by atoms with Gasteiger partial charge in [-0.1, -0.05) is 13.0 Å². The summed E-state index contributed by atoms with van der Waals surface area (Å²) in [6, 6.07) is 4.06. The molecule has 1 unspecified atom stereocenters. The van der Waals surface area contributed by atoms with Gasteiger partial charge in [-0.3, -0.25) is 0 Å². The molecule has 1 aromatic carbocycles. The number of aryl methyl sites for hydroxylation is 1. The van der Waals surface area contributed by atoms with Gasteiger partial charge in [-0.15, -0.1) is 0 Å². The third-order valence-corrected chi connectivity index (χ3v) is 3.64. The Labute approximate surface area is 98.8 Å². The van der Waals surface area contributed by atoms with Crippen molar-refractivity contribution >= 4 is 0 Å². The van der Waals surface area contributed by atoms with Crippen LogP contribution in [0, 0.1) is 5.41 Å². The number of halogens is 3. The maximum atomic E-state index is 12.6. The second-order valence-electron chi connectivity index (χ2n) is 5.17. The molecule has 0 bridgehead atoms. The first kappa shape index (κ1) is 12.4. The highest BCUT2D eigenvalue weighted by Gasteiger charge is 2.33. The predicted octanol–water partition coefficient (Wildman–Crippen LogP) is 3.16. The molecule has 0 aliphatic heterocycles. The highest BCUT2D eigenvalue weighted by atomic mass is 19.4. The predicted molar refractivity (Wildman–Crippen MR) is 60.6 cm³/mol. The third kappa shape index (κ3) is 2.46. The van der Waals surface area contributed by atoms with Gasteiger partial charge in [-0.2, -0.15) is 13.2 Å². The van der Waals surface area contributed by atoms with Crippen LogP contribution in [0.25, 0.3) is 0 Å². The molecule has 0 spiro atoms. The van der Waals surface area contributed by atoms with Crippen molar-refractivity contribution in [2.45, 2.75) is 32.4 Å². The van der Waals surface area contributed by atoms with Gasteiger partial charge in [0.1, 0.15) is 0 Å². The number of alkyl halides is 3. The Morgan fingerprint density at radius 1 is 1.29 bits per heavy atom. The largest absolute Gasteiger partial charge is 0.416 e. The normalized spacial score (nSPS) is 24.5. The second kappa shape index (κ2) is 4.02. The number of rotatable bonds is 1. The van der Waals surface area contributed by atoms with Crippen LogP contribution in [-0.4, -0.2) is 6.54 Å². The Hall–Kier alpha value is -1.03. The molecular weight excluding hydrogens is 227 g/mol. The van der Waals surface area contributed by atoms with E-state index in [1.165, 1.54) is 12.1 Å². The molecule has 2 N–H and O–H groups in total. The zero-order chi connectivity index (χ0) is 12.7. The lowest BCUT2D eigenvalue weighted by molar-refractivity contribution is -0.137. The number of hydrogen-bond acceptors (Lipinski definition) is 1. The van der Waals surface area contributed by atoms with E-state index in [1.54, 1.807) is 6.07 Å². The lowest BCUT2D eigenvalue weighted by Crippen LogP contribution is -2.33. The van der Waals surface area contributed by atoms with Gasteiger partial charge >= 0.3 is 6.18 Å². The van der Waals surface area contributed by atoms with Crippen molar-refractivity contribution < 1.29 is 13.2 Å². The first-order valence-corrected chi connectivity index (χ1v) is 5.73. The van der Waals surface area contributed by atoms with Crippen molar-refractivity contribution in [1.29, 1.82) is 0 Å². The van der Waals surface area contributed by atoms with Crippen molar-refractivity contribution in [3.63, 3.8) is 0 Å². The minimum atomic E-state index is -4.26. The standard InChI is InChI=1S/C13H16F3N/c1-12(8-17)5-4-9-2-3-11(13(14,15)16)6-10(9)7-12/h2-3,6H,4-5,7-8,17H2,1H3. The van der Waals surface area contributed by atoms with Crippen LogP contribution in [0.5, 0.6) is 0 Å². The topological polar surface area (TPSA) is 26.0 Å². The maximum Gasteiger partial charge on any atom is 0.416 e. The number of benzene rings is 1. The summed E-state index contributed by atoms with van der Waals surface area (Å²) in [7, 11) is 0. The van der Waals surface area contributed by atoms with Gasteiger partial charge in [-0.05, 0) is 54.5 Å². The SMILES string of the molecule is CC1(CN)CCc2ccc(C(F)(F)F)cc2C1. The van der Waals surface area contributed by atoms with Crippen LogP contribution in [0.3, 0.4) is 0 Å². The van der Waals surface area contributed by atoms with Gasteiger partial charge < -0.3 is 5.73 Å². The van der Waals surface area contributed by atoms with E-state index in [4.69, 9.17) is 5.73 Å². The summed E-state index contributed by atoms with van der Waals surface area (Å²) in [6.07, 6.45) is -1.85. The van der Waals surface area contributed by atoms with Gasteiger partial charge in [0.05, 0.1) is 5.56 Å². The molecule has 1 nitrogen and oxygen atoms in total. The fourth-order valence-corrected chi connectivity index (χ4v) is 2.37. The van der Waals surface area contributed by atoms with Gasteiger partial charge in [0.25, 0.3) is 0 Å². The summed E-state index contributed by atoms with van der Waals surface area (Å²) < 4.78 is 37.8. The van der Waals surface area contributed by atoms with E-state index < -0.39 is 11.7 Å². The maximum absolute atomic E-state index is 12.6. The fourth-order valence-electron chi connectivity index (χ4n) is 2.37. The zero-order valence-corrected chi connectivity index (χ0v) is 9.77. The summed E-state index contributed by atoms with van der Waals surface area (Å²) in [5, 5.41) is 0. The van der Waals surface area contributed by atoms with Crippen LogP contribution >= 0.6 is 0 Å². The summed E-state index contributed by atoms with van der Waals surface area (Å²) in [5.74, 6) is 0. The van der Waals surface area contributed by atoms with E-state index in [1.807, 2.05) is 6.92 Å². The van der Waals surface area contributed by atoms with Crippen molar-refractivity contribution in [3.05, 3.63) is 34.9 Å². The minimum Gasteiger partial charge on any atom is -0.330 e. The van der Waals surface area contributed by atoms with Gasteiger partial charge in [0.2, 0.25) is 0 Å². The number of hydrogen-bond donors (Lipinski definition) is 1. The monoisotopic (exact) mass is 243 g/mol. The summed E-state index contributed by atoms with van der Waals surface area (Å²) >= 11 is 0. The summed E-state index contributed by atoms with van der Waals surface area (Å²) in [6.45, 7) is 2.55. The zero-order valence-electron chi connectivity index (χ0n) is 9.77. The fraction of sp³-hybridized carbons (Fsp3) is 0.538. The lowest BCUT2D eigenvalue weighted by Gasteiger charge is -2.34. The highest BCUT2D eigenvalue weighted by molar-refractivity contribution is 5.36. The van der Waals surface area contributed by atoms with Crippen LogP contribution in [0.15, 0.2) is 18.2 Å². The van der Waals surface area contributed by atoms with Crippen LogP contribution in [0.2, 0.25) is 0 Å². The van der Waals surface area contributed by atoms with E-state index in [0.29, 0.717) is 13.0 Å². The quantitative estimate of drug-likeness (QED) is 0.805. The first-order valence-electron chi connectivity index (χ1n) is 5.73. The smallest absolute Gasteiger partial charge is 0.330 e. The Bertz CT molecular complexity index is 425. The molecule has 0 amide bonds. The van der Waals surface area contributed by atoms with Crippen molar-refractivity contribution in [2.24, 2.45) is 11.1 Å². The molecule has 0 heterocycles. The molecule has 0 saturated heterocycles. The van der Waals surface area contributed by atoms with Crippen LogP contribution in [0.1, 0.15) is 30.0 Å². The molecule has 1 atom stereocenters. The van der Waals surface area contributed by atoms with E-state index in [0.717, 1.165) is 24.0 Å². The third-order valence-electron chi connectivity index (χ3n) is 3.64. The molecule has 2 rings (SSSR count). The lowest BCUT2D eigenvalue weighted by atomic mass is 9.73. The summed E-state index contributed by atoms with van der Waals surface area (Å²) in [5.41, 5.74) is 6.92. The van der Waals surface area contributed by atoms with Crippen LogP contribution in [0.4, 0.5) is 13.2 Å². The van der Waals surface area contributed by atoms with E-state index in [-0.39, 0.29) is 5.41 Å². The molecule has 0 fully saturated rings.